The van der Waals surface area contributed by atoms with E-state index in [0.29, 0.717) is 0 Å². The maximum absolute atomic E-state index is 11.5. The zero-order chi connectivity index (χ0) is 20.4. The van der Waals surface area contributed by atoms with Crippen LogP contribution in [0.15, 0.2) is 42.5 Å². The molecule has 156 valence electrons. The van der Waals surface area contributed by atoms with Crippen molar-refractivity contribution in [3.63, 3.8) is 0 Å². The Morgan fingerprint density at radius 3 is 2.55 bits per heavy atom. The first-order valence-electron chi connectivity index (χ1n) is 10.8. The van der Waals surface area contributed by atoms with Gasteiger partial charge in [0.2, 0.25) is 0 Å². The van der Waals surface area contributed by atoms with Gasteiger partial charge in [-0.25, -0.2) is 0 Å². The van der Waals surface area contributed by atoms with Gasteiger partial charge in [0, 0.05) is 36.7 Å². The van der Waals surface area contributed by atoms with Crippen molar-refractivity contribution >= 4 is 0 Å². The van der Waals surface area contributed by atoms with Crippen molar-refractivity contribution in [2.24, 2.45) is 5.92 Å². The first-order chi connectivity index (χ1) is 14.0. The summed E-state index contributed by atoms with van der Waals surface area (Å²) in [7, 11) is 3.40. The number of hydrogen-bond acceptors (Lipinski definition) is 4. The number of aryl methyl sites for hydroxylation is 1. The number of ether oxygens (including phenoxy) is 2. The number of fused-ring (bicyclic) bond motifs is 1. The molecule has 2 aliphatic rings. The van der Waals surface area contributed by atoms with Crippen LogP contribution in [0.5, 0.6) is 11.5 Å². The number of rotatable bonds is 5. The Kier molecular flexibility index (Phi) is 5.84. The van der Waals surface area contributed by atoms with E-state index in [1.165, 1.54) is 17.5 Å². The summed E-state index contributed by atoms with van der Waals surface area (Å²) in [6.45, 7) is 3.89. The van der Waals surface area contributed by atoms with E-state index in [0.717, 1.165) is 55.8 Å². The largest absolute Gasteiger partial charge is 0.497 e. The first kappa shape index (κ1) is 20.2. The number of benzene rings is 2. The standard InChI is InChI=1S/C25H33NO3/c1-18-7-9-19(10-8-18)17-26-15-14-25(27)13-5-4-6-22(25)24(26)21-12-11-20(28-2)16-23(21)29-3/h7-12,16,22,24,27H,4-6,13-15,17H2,1-3H3. The summed E-state index contributed by atoms with van der Waals surface area (Å²) >= 11 is 0. The van der Waals surface area contributed by atoms with Crippen LogP contribution in [0.3, 0.4) is 0 Å². The van der Waals surface area contributed by atoms with Gasteiger partial charge in [-0.1, -0.05) is 48.7 Å². The van der Waals surface area contributed by atoms with E-state index in [2.05, 4.69) is 42.2 Å². The highest BCUT2D eigenvalue weighted by atomic mass is 16.5. The zero-order valence-electron chi connectivity index (χ0n) is 17.9. The number of piperidine rings is 1. The number of aliphatic hydroxyl groups is 1. The Balaban J connectivity index is 1.73. The summed E-state index contributed by atoms with van der Waals surface area (Å²) in [5.74, 6) is 1.86. The molecule has 4 nitrogen and oxygen atoms in total. The van der Waals surface area contributed by atoms with Crippen molar-refractivity contribution in [2.75, 3.05) is 20.8 Å². The molecule has 3 atom stereocenters. The highest BCUT2D eigenvalue weighted by molar-refractivity contribution is 5.43. The minimum Gasteiger partial charge on any atom is -0.497 e. The Hall–Kier alpha value is -2.04. The second-order valence-electron chi connectivity index (χ2n) is 8.71. The summed E-state index contributed by atoms with van der Waals surface area (Å²) in [5.41, 5.74) is 3.18. The van der Waals surface area contributed by atoms with E-state index in [-0.39, 0.29) is 12.0 Å². The topological polar surface area (TPSA) is 41.9 Å². The van der Waals surface area contributed by atoms with E-state index in [9.17, 15) is 5.11 Å². The molecule has 1 aliphatic heterocycles. The van der Waals surface area contributed by atoms with Crippen LogP contribution in [-0.2, 0) is 6.54 Å². The third kappa shape index (κ3) is 4.01. The Bertz CT molecular complexity index is 834. The van der Waals surface area contributed by atoms with Gasteiger partial charge in [-0.05, 0) is 37.8 Å². The van der Waals surface area contributed by atoms with Crippen LogP contribution in [0.1, 0.15) is 54.8 Å². The van der Waals surface area contributed by atoms with Gasteiger partial charge in [0.15, 0.2) is 0 Å². The summed E-state index contributed by atoms with van der Waals surface area (Å²) < 4.78 is 11.2. The molecule has 1 saturated carbocycles. The summed E-state index contributed by atoms with van der Waals surface area (Å²) in [6, 6.07) is 15.0. The third-order valence-corrected chi connectivity index (χ3v) is 6.94. The van der Waals surface area contributed by atoms with E-state index in [4.69, 9.17) is 9.47 Å². The van der Waals surface area contributed by atoms with Crippen molar-refractivity contribution in [1.82, 2.24) is 4.90 Å². The molecule has 1 aliphatic carbocycles. The van der Waals surface area contributed by atoms with Gasteiger partial charge >= 0.3 is 0 Å². The SMILES string of the molecule is COc1ccc(C2C3CCCCC3(O)CCN2Cc2ccc(C)cc2)c(OC)c1. The molecule has 2 aromatic carbocycles. The molecule has 1 saturated heterocycles. The van der Waals surface area contributed by atoms with Crippen LogP contribution < -0.4 is 9.47 Å². The van der Waals surface area contributed by atoms with E-state index >= 15 is 0 Å². The molecule has 1 N–H and O–H groups in total. The molecule has 0 spiro atoms. The van der Waals surface area contributed by atoms with E-state index in [1.807, 2.05) is 12.1 Å². The molecule has 2 aromatic rings. The van der Waals surface area contributed by atoms with Crippen molar-refractivity contribution in [1.29, 1.82) is 0 Å². The van der Waals surface area contributed by atoms with Gasteiger partial charge in [-0.2, -0.15) is 0 Å². The van der Waals surface area contributed by atoms with E-state index in [1.54, 1.807) is 14.2 Å². The lowest BCUT2D eigenvalue weighted by Gasteiger charge is -2.53. The minimum atomic E-state index is -0.572. The van der Waals surface area contributed by atoms with Crippen LogP contribution in [0.2, 0.25) is 0 Å². The van der Waals surface area contributed by atoms with Gasteiger partial charge in [-0.3, -0.25) is 4.90 Å². The Labute approximate surface area is 174 Å². The number of likely N-dealkylation sites (tertiary alicyclic amines) is 1. The molecule has 4 heteroatoms. The molecule has 1 heterocycles. The lowest BCUT2D eigenvalue weighted by Crippen LogP contribution is -2.54. The number of methoxy groups -OCH3 is 2. The van der Waals surface area contributed by atoms with Crippen LogP contribution >= 0.6 is 0 Å². The fraction of sp³-hybridized carbons (Fsp3) is 0.520. The second kappa shape index (κ2) is 8.37. The molecular formula is C25H33NO3. The molecule has 3 unspecified atom stereocenters. The van der Waals surface area contributed by atoms with E-state index < -0.39 is 5.60 Å². The van der Waals surface area contributed by atoms with Crippen LogP contribution in [0, 0.1) is 12.8 Å². The molecule has 29 heavy (non-hydrogen) atoms. The van der Waals surface area contributed by atoms with Crippen molar-refractivity contribution in [3.8, 4) is 11.5 Å². The normalized spacial score (nSPS) is 27.3. The lowest BCUT2D eigenvalue weighted by molar-refractivity contribution is -0.126. The Morgan fingerprint density at radius 2 is 1.83 bits per heavy atom. The number of hydrogen-bond donors (Lipinski definition) is 1. The maximum atomic E-state index is 11.5. The summed E-state index contributed by atoms with van der Waals surface area (Å²) in [5, 5.41) is 11.5. The van der Waals surface area contributed by atoms with Gasteiger partial charge < -0.3 is 14.6 Å². The van der Waals surface area contributed by atoms with Crippen molar-refractivity contribution in [3.05, 3.63) is 59.2 Å². The highest BCUT2D eigenvalue weighted by Crippen LogP contribution is 2.51. The second-order valence-corrected chi connectivity index (χ2v) is 8.71. The third-order valence-electron chi connectivity index (χ3n) is 6.94. The average Bonchev–Trinajstić information content (AvgIpc) is 2.75. The van der Waals surface area contributed by atoms with Gasteiger partial charge in [-0.15, -0.1) is 0 Å². The predicted octanol–water partition coefficient (Wildman–Crippen LogP) is 4.88. The minimum absolute atomic E-state index is 0.135. The van der Waals surface area contributed by atoms with Gasteiger partial charge in [0.1, 0.15) is 11.5 Å². The quantitative estimate of drug-likeness (QED) is 0.783. The van der Waals surface area contributed by atoms with Crippen molar-refractivity contribution < 1.29 is 14.6 Å². The summed E-state index contributed by atoms with van der Waals surface area (Å²) in [4.78, 5) is 2.54. The van der Waals surface area contributed by atoms with Crippen LogP contribution in [0.25, 0.3) is 0 Å². The predicted molar refractivity (Wildman–Crippen MR) is 115 cm³/mol. The van der Waals surface area contributed by atoms with Gasteiger partial charge in [0.25, 0.3) is 0 Å². The summed E-state index contributed by atoms with van der Waals surface area (Å²) in [6.07, 6.45) is 5.11. The van der Waals surface area contributed by atoms with Crippen LogP contribution in [0.4, 0.5) is 0 Å². The molecule has 0 amide bonds. The Morgan fingerprint density at radius 1 is 1.03 bits per heavy atom. The molecule has 0 radical (unpaired) electrons. The molecule has 2 fully saturated rings. The molecule has 0 bridgehead atoms. The fourth-order valence-corrected chi connectivity index (χ4v) is 5.32. The maximum Gasteiger partial charge on any atom is 0.127 e. The van der Waals surface area contributed by atoms with Crippen LogP contribution in [-0.4, -0.2) is 36.4 Å². The first-order valence-corrected chi connectivity index (χ1v) is 10.8. The lowest BCUT2D eigenvalue weighted by atomic mass is 9.66. The van der Waals surface area contributed by atoms with Crippen molar-refractivity contribution in [2.45, 2.75) is 57.2 Å². The molecule has 0 aromatic heterocycles. The average molecular weight is 396 g/mol. The monoisotopic (exact) mass is 395 g/mol. The smallest absolute Gasteiger partial charge is 0.127 e. The highest BCUT2D eigenvalue weighted by Gasteiger charge is 2.49. The zero-order valence-corrected chi connectivity index (χ0v) is 17.9. The fourth-order valence-electron chi connectivity index (χ4n) is 5.32. The van der Waals surface area contributed by atoms with Gasteiger partial charge in [0.05, 0.1) is 19.8 Å². The molecular weight excluding hydrogens is 362 g/mol. The molecule has 4 rings (SSSR count). The number of nitrogens with zero attached hydrogens (tertiary/aromatic N) is 1.